The number of benzene rings is 1. The Morgan fingerprint density at radius 3 is 2.70 bits per heavy atom. The van der Waals surface area contributed by atoms with Crippen LogP contribution in [0.15, 0.2) is 28.9 Å². The molecule has 2 aromatic rings. The van der Waals surface area contributed by atoms with Gasteiger partial charge in [0, 0.05) is 23.4 Å². The van der Waals surface area contributed by atoms with Crippen molar-refractivity contribution in [1.29, 1.82) is 0 Å². The van der Waals surface area contributed by atoms with E-state index in [2.05, 4.69) is 20.9 Å². The second-order valence-electron chi connectivity index (χ2n) is 4.41. The summed E-state index contributed by atoms with van der Waals surface area (Å²) in [6.45, 7) is 4.14. The number of aryl methyl sites for hydroxylation is 1. The number of halogens is 2. The normalized spacial score (nSPS) is 10.4. The highest BCUT2D eigenvalue weighted by molar-refractivity contribution is 9.10. The number of nitrogens with zero attached hydrogens (tertiary/aromatic N) is 1. The van der Waals surface area contributed by atoms with Crippen molar-refractivity contribution in [1.82, 2.24) is 4.98 Å². The lowest BCUT2D eigenvalue weighted by Gasteiger charge is -2.13. The predicted molar refractivity (Wildman–Crippen MR) is 78.7 cm³/mol. The predicted octanol–water partition coefficient (Wildman–Crippen LogP) is 4.19. The van der Waals surface area contributed by atoms with Crippen LogP contribution in [0.4, 0.5) is 4.39 Å². The highest BCUT2D eigenvalue weighted by Crippen LogP contribution is 2.26. The molecule has 3 nitrogen and oxygen atoms in total. The summed E-state index contributed by atoms with van der Waals surface area (Å²) in [5.41, 5.74) is 2.68. The highest BCUT2D eigenvalue weighted by Gasteiger charge is 2.10. The molecule has 0 bridgehead atoms. The molecule has 0 aliphatic heterocycles. The minimum absolute atomic E-state index is 0.267. The van der Waals surface area contributed by atoms with Gasteiger partial charge in [-0.1, -0.05) is 0 Å². The Morgan fingerprint density at radius 2 is 2.05 bits per heavy atom. The van der Waals surface area contributed by atoms with Gasteiger partial charge in [0.1, 0.15) is 23.9 Å². The molecule has 0 atom stereocenters. The first-order chi connectivity index (χ1) is 9.52. The van der Waals surface area contributed by atoms with Crippen LogP contribution in [0.25, 0.3) is 0 Å². The Balaban J connectivity index is 2.16. The molecule has 1 aromatic carbocycles. The lowest BCUT2D eigenvalue weighted by molar-refractivity contribution is 0.297. The molecule has 0 unspecified atom stereocenters. The Morgan fingerprint density at radius 1 is 1.30 bits per heavy atom. The number of hydrogen-bond donors (Lipinski definition) is 0. The smallest absolute Gasteiger partial charge is 0.141 e. The molecule has 1 heterocycles. The molecular formula is C15H15BrFNO2. The zero-order valence-electron chi connectivity index (χ0n) is 11.5. The fourth-order valence-corrected chi connectivity index (χ4v) is 2.18. The van der Waals surface area contributed by atoms with E-state index in [9.17, 15) is 4.39 Å². The lowest BCUT2D eigenvalue weighted by Crippen LogP contribution is -2.04. The number of methoxy groups -OCH3 is 1. The van der Waals surface area contributed by atoms with E-state index in [1.807, 2.05) is 13.8 Å². The molecule has 20 heavy (non-hydrogen) atoms. The van der Waals surface area contributed by atoms with Gasteiger partial charge in [0.05, 0.1) is 17.3 Å². The van der Waals surface area contributed by atoms with Gasteiger partial charge in [0.15, 0.2) is 0 Å². The molecule has 0 saturated heterocycles. The van der Waals surface area contributed by atoms with Crippen molar-refractivity contribution in [2.24, 2.45) is 0 Å². The topological polar surface area (TPSA) is 31.4 Å². The van der Waals surface area contributed by atoms with Crippen molar-refractivity contribution >= 4 is 15.9 Å². The van der Waals surface area contributed by atoms with Gasteiger partial charge < -0.3 is 9.47 Å². The van der Waals surface area contributed by atoms with Crippen LogP contribution in [0.1, 0.15) is 16.8 Å². The first-order valence-electron chi connectivity index (χ1n) is 6.10. The third-order valence-electron chi connectivity index (χ3n) is 3.02. The van der Waals surface area contributed by atoms with Gasteiger partial charge >= 0.3 is 0 Å². The second kappa shape index (κ2) is 6.22. The van der Waals surface area contributed by atoms with E-state index in [1.54, 1.807) is 25.4 Å². The fraction of sp³-hybridized carbons (Fsp3) is 0.267. The minimum Gasteiger partial charge on any atom is -0.496 e. The first kappa shape index (κ1) is 14.8. The van der Waals surface area contributed by atoms with Crippen molar-refractivity contribution in [3.05, 3.63) is 51.5 Å². The molecule has 5 heteroatoms. The van der Waals surface area contributed by atoms with Gasteiger partial charge in [-0.05, 0) is 41.9 Å². The van der Waals surface area contributed by atoms with E-state index >= 15 is 0 Å². The van der Waals surface area contributed by atoms with E-state index in [0.717, 1.165) is 22.6 Å². The quantitative estimate of drug-likeness (QED) is 0.836. The standard InChI is InChI=1S/C15H15BrFNO2/c1-9-7-18-14(10(2)15(9)19-3)8-20-11-4-5-12(16)13(17)6-11/h4-7H,8H2,1-3H3. The first-order valence-corrected chi connectivity index (χ1v) is 6.89. The van der Waals surface area contributed by atoms with Crippen LogP contribution in [0, 0.1) is 19.7 Å². The molecule has 106 valence electrons. The Bertz CT molecular complexity index is 632. The molecule has 0 aliphatic carbocycles. The Labute approximate surface area is 125 Å². The van der Waals surface area contributed by atoms with Gasteiger partial charge in [-0.2, -0.15) is 0 Å². The maximum Gasteiger partial charge on any atom is 0.141 e. The van der Waals surface area contributed by atoms with Gasteiger partial charge in [-0.25, -0.2) is 4.39 Å². The van der Waals surface area contributed by atoms with Crippen LogP contribution >= 0.6 is 15.9 Å². The minimum atomic E-state index is -0.353. The van der Waals surface area contributed by atoms with E-state index in [4.69, 9.17) is 9.47 Å². The maximum absolute atomic E-state index is 13.4. The lowest BCUT2D eigenvalue weighted by atomic mass is 10.1. The van der Waals surface area contributed by atoms with Gasteiger partial charge in [-0.3, -0.25) is 4.98 Å². The largest absolute Gasteiger partial charge is 0.496 e. The SMILES string of the molecule is COc1c(C)cnc(COc2ccc(Br)c(F)c2)c1C. The van der Waals surface area contributed by atoms with Gasteiger partial charge in [-0.15, -0.1) is 0 Å². The average molecular weight is 340 g/mol. The van der Waals surface area contributed by atoms with Crippen LogP contribution in [0.5, 0.6) is 11.5 Å². The second-order valence-corrected chi connectivity index (χ2v) is 5.27. The summed E-state index contributed by atoms with van der Waals surface area (Å²) < 4.78 is 24.7. The highest BCUT2D eigenvalue weighted by atomic mass is 79.9. The number of hydrogen-bond acceptors (Lipinski definition) is 3. The monoisotopic (exact) mass is 339 g/mol. The Hall–Kier alpha value is -1.62. The Kier molecular flexibility index (Phi) is 4.60. The molecular weight excluding hydrogens is 325 g/mol. The molecule has 1 aromatic heterocycles. The van der Waals surface area contributed by atoms with E-state index in [0.29, 0.717) is 10.2 Å². The summed E-state index contributed by atoms with van der Waals surface area (Å²) in [6, 6.07) is 4.65. The third-order valence-corrected chi connectivity index (χ3v) is 3.66. The number of aromatic nitrogens is 1. The summed E-state index contributed by atoms with van der Waals surface area (Å²) in [5.74, 6) is 0.917. The van der Waals surface area contributed by atoms with Crippen LogP contribution in [0.3, 0.4) is 0 Å². The molecule has 0 aliphatic rings. The van der Waals surface area contributed by atoms with Crippen molar-refractivity contribution in [2.45, 2.75) is 20.5 Å². The third kappa shape index (κ3) is 3.10. The summed E-state index contributed by atoms with van der Waals surface area (Å²) in [4.78, 5) is 4.33. The summed E-state index contributed by atoms with van der Waals surface area (Å²) in [5, 5.41) is 0. The van der Waals surface area contributed by atoms with Crippen LogP contribution in [0.2, 0.25) is 0 Å². The van der Waals surface area contributed by atoms with E-state index in [-0.39, 0.29) is 12.4 Å². The van der Waals surface area contributed by atoms with E-state index in [1.165, 1.54) is 6.07 Å². The van der Waals surface area contributed by atoms with Gasteiger partial charge in [0.2, 0.25) is 0 Å². The van der Waals surface area contributed by atoms with Crippen molar-refractivity contribution in [3.8, 4) is 11.5 Å². The molecule has 0 fully saturated rings. The fourth-order valence-electron chi connectivity index (χ4n) is 1.93. The van der Waals surface area contributed by atoms with Crippen LogP contribution in [-0.4, -0.2) is 12.1 Å². The number of rotatable bonds is 4. The molecule has 0 N–H and O–H groups in total. The van der Waals surface area contributed by atoms with E-state index < -0.39 is 0 Å². The van der Waals surface area contributed by atoms with Crippen LogP contribution < -0.4 is 9.47 Å². The average Bonchev–Trinajstić information content (AvgIpc) is 2.42. The number of pyridine rings is 1. The van der Waals surface area contributed by atoms with Crippen LogP contribution in [-0.2, 0) is 6.61 Å². The summed E-state index contributed by atoms with van der Waals surface area (Å²) in [6.07, 6.45) is 1.74. The number of ether oxygens (including phenoxy) is 2. The summed E-state index contributed by atoms with van der Waals surface area (Å²) in [7, 11) is 1.63. The molecule has 0 spiro atoms. The van der Waals surface area contributed by atoms with Gasteiger partial charge in [0.25, 0.3) is 0 Å². The zero-order valence-corrected chi connectivity index (χ0v) is 13.1. The molecule has 0 saturated carbocycles. The van der Waals surface area contributed by atoms with Crippen molar-refractivity contribution in [3.63, 3.8) is 0 Å². The maximum atomic E-state index is 13.4. The zero-order chi connectivity index (χ0) is 14.7. The molecule has 0 radical (unpaired) electrons. The van der Waals surface area contributed by atoms with Crippen molar-refractivity contribution < 1.29 is 13.9 Å². The van der Waals surface area contributed by atoms with Crippen molar-refractivity contribution in [2.75, 3.05) is 7.11 Å². The summed E-state index contributed by atoms with van der Waals surface area (Å²) >= 11 is 3.10. The molecule has 2 rings (SSSR count). The molecule has 0 amide bonds.